The molecule has 2 heterocycles. The number of sulfonamides is 1. The van der Waals surface area contributed by atoms with E-state index in [1.54, 1.807) is 25.1 Å². The number of alkyl halides is 3. The van der Waals surface area contributed by atoms with Crippen molar-refractivity contribution < 1.29 is 26.4 Å². The lowest BCUT2D eigenvalue weighted by Crippen LogP contribution is -2.31. The monoisotopic (exact) mass is 486 g/mol. The largest absolute Gasteiger partial charge is 0.421 e. The summed E-state index contributed by atoms with van der Waals surface area (Å²) < 4.78 is 65.5. The van der Waals surface area contributed by atoms with Gasteiger partial charge in [0.15, 0.2) is 0 Å². The van der Waals surface area contributed by atoms with Crippen molar-refractivity contribution >= 4 is 39.1 Å². The van der Waals surface area contributed by atoms with E-state index in [1.807, 2.05) is 0 Å². The van der Waals surface area contributed by atoms with Gasteiger partial charge in [-0.2, -0.15) is 18.2 Å². The molecular weight excluding hydrogens is 461 g/mol. The summed E-state index contributed by atoms with van der Waals surface area (Å²) in [7, 11) is -1.94. The van der Waals surface area contributed by atoms with E-state index in [2.05, 4.69) is 25.9 Å². The lowest BCUT2D eigenvalue weighted by atomic mass is 10.1. The van der Waals surface area contributed by atoms with Gasteiger partial charge in [0, 0.05) is 26.3 Å². The average Bonchev–Trinajstić information content (AvgIpc) is 3.11. The van der Waals surface area contributed by atoms with Crippen molar-refractivity contribution in [3.05, 3.63) is 35.5 Å². The van der Waals surface area contributed by atoms with Crippen molar-refractivity contribution in [1.82, 2.24) is 14.3 Å². The van der Waals surface area contributed by atoms with E-state index in [0.717, 1.165) is 5.56 Å². The van der Waals surface area contributed by atoms with Gasteiger partial charge in [0.05, 0.1) is 23.5 Å². The number of carbonyl (C=O) groups is 1. The molecule has 0 spiro atoms. The first kappa shape index (κ1) is 24.7. The van der Waals surface area contributed by atoms with E-state index in [0.29, 0.717) is 24.0 Å². The van der Waals surface area contributed by atoms with Crippen molar-refractivity contribution in [3.63, 3.8) is 0 Å². The third-order valence-electron chi connectivity index (χ3n) is 4.99. The van der Waals surface area contributed by atoms with Crippen LogP contribution in [0.5, 0.6) is 0 Å². The molecule has 2 aromatic rings. The summed E-state index contributed by atoms with van der Waals surface area (Å²) in [6, 6.07) is 5.15. The highest BCUT2D eigenvalue weighted by atomic mass is 32.2. The third-order valence-corrected chi connectivity index (χ3v) is 7.04. The summed E-state index contributed by atoms with van der Waals surface area (Å²) in [5.41, 5.74) is 0.729. The zero-order valence-corrected chi connectivity index (χ0v) is 19.0. The molecule has 0 radical (unpaired) electrons. The maximum atomic E-state index is 13.4. The van der Waals surface area contributed by atoms with E-state index in [-0.39, 0.29) is 43.5 Å². The molecule has 0 atom stereocenters. The van der Waals surface area contributed by atoms with Crippen LogP contribution in [-0.2, 0) is 27.4 Å². The second kappa shape index (κ2) is 9.91. The quantitative estimate of drug-likeness (QED) is 0.442. The van der Waals surface area contributed by atoms with Gasteiger partial charge in [-0.3, -0.25) is 4.79 Å². The molecule has 3 N–H and O–H groups in total. The predicted octanol–water partition coefficient (Wildman–Crippen LogP) is 3.21. The van der Waals surface area contributed by atoms with E-state index in [9.17, 15) is 26.4 Å². The smallest absolute Gasteiger partial charge is 0.369 e. The SMILES string of the molecule is CCCS(=O)(=O)N(C)CCCNc1nc(Nc2cccc3c2NC(=O)C3)ncc1C(F)(F)F. The lowest BCUT2D eigenvalue weighted by molar-refractivity contribution is -0.137. The molecule has 1 amide bonds. The predicted molar refractivity (Wildman–Crippen MR) is 119 cm³/mol. The fourth-order valence-corrected chi connectivity index (χ4v) is 4.56. The first-order valence-electron chi connectivity index (χ1n) is 10.3. The zero-order chi connectivity index (χ0) is 24.2. The van der Waals surface area contributed by atoms with E-state index in [4.69, 9.17) is 0 Å². The molecule has 9 nitrogen and oxygen atoms in total. The number of nitrogens with zero attached hydrogens (tertiary/aromatic N) is 3. The Morgan fingerprint density at radius 1 is 1.27 bits per heavy atom. The van der Waals surface area contributed by atoms with Crippen LogP contribution in [0.15, 0.2) is 24.4 Å². The van der Waals surface area contributed by atoms with Gasteiger partial charge in [0.1, 0.15) is 11.4 Å². The molecule has 1 aliphatic rings. The minimum atomic E-state index is -4.68. The zero-order valence-electron chi connectivity index (χ0n) is 18.2. The Morgan fingerprint density at radius 2 is 2.03 bits per heavy atom. The van der Waals surface area contributed by atoms with Crippen molar-refractivity contribution in [2.75, 3.05) is 41.8 Å². The number of aromatic nitrogens is 2. The molecule has 1 aromatic heterocycles. The molecule has 0 bridgehead atoms. The van der Waals surface area contributed by atoms with Crippen molar-refractivity contribution in [2.45, 2.75) is 32.4 Å². The van der Waals surface area contributed by atoms with Gasteiger partial charge < -0.3 is 16.0 Å². The Bertz CT molecular complexity index is 1120. The number of fused-ring (bicyclic) bond motifs is 1. The van der Waals surface area contributed by atoms with Crippen LogP contribution >= 0.6 is 0 Å². The molecule has 3 rings (SSSR count). The number of rotatable bonds is 10. The molecule has 1 aliphatic heterocycles. The van der Waals surface area contributed by atoms with E-state index >= 15 is 0 Å². The van der Waals surface area contributed by atoms with Gasteiger partial charge in [0.25, 0.3) is 0 Å². The molecule has 13 heteroatoms. The maximum Gasteiger partial charge on any atom is 0.421 e. The van der Waals surface area contributed by atoms with Crippen LogP contribution in [0.2, 0.25) is 0 Å². The number of halogens is 3. The fraction of sp³-hybridized carbons (Fsp3) is 0.450. The molecule has 180 valence electrons. The van der Waals surface area contributed by atoms with Gasteiger partial charge in [-0.05, 0) is 24.5 Å². The van der Waals surface area contributed by atoms with Crippen molar-refractivity contribution in [3.8, 4) is 0 Å². The van der Waals surface area contributed by atoms with Crippen molar-refractivity contribution in [1.29, 1.82) is 0 Å². The number of amides is 1. The summed E-state index contributed by atoms with van der Waals surface area (Å²) in [4.78, 5) is 19.4. The Morgan fingerprint density at radius 3 is 2.73 bits per heavy atom. The molecule has 0 saturated carbocycles. The van der Waals surface area contributed by atoms with Crippen LogP contribution in [0.25, 0.3) is 0 Å². The molecule has 1 aromatic carbocycles. The second-order valence-electron chi connectivity index (χ2n) is 7.56. The second-order valence-corrected chi connectivity index (χ2v) is 9.76. The highest BCUT2D eigenvalue weighted by molar-refractivity contribution is 7.89. The summed E-state index contributed by atoms with van der Waals surface area (Å²) >= 11 is 0. The molecule has 33 heavy (non-hydrogen) atoms. The van der Waals surface area contributed by atoms with Crippen LogP contribution in [0.4, 0.5) is 36.3 Å². The van der Waals surface area contributed by atoms with E-state index in [1.165, 1.54) is 11.4 Å². The summed E-state index contributed by atoms with van der Waals surface area (Å²) in [5.74, 6) is -0.668. The number of hydrogen-bond donors (Lipinski definition) is 3. The highest BCUT2D eigenvalue weighted by Crippen LogP contribution is 2.36. The molecule has 0 saturated heterocycles. The number of nitrogens with one attached hydrogen (secondary N) is 3. The van der Waals surface area contributed by atoms with Gasteiger partial charge >= 0.3 is 6.18 Å². The van der Waals surface area contributed by atoms with Crippen LogP contribution in [0.1, 0.15) is 30.9 Å². The minimum absolute atomic E-state index is 0.0136. The molecule has 0 aliphatic carbocycles. The normalized spacial score (nSPS) is 13.7. The summed E-state index contributed by atoms with van der Waals surface area (Å²) in [5, 5.41) is 8.20. The number of carbonyl (C=O) groups excluding carboxylic acids is 1. The number of para-hydroxylation sites is 1. The lowest BCUT2D eigenvalue weighted by Gasteiger charge is -2.18. The molecule has 0 fully saturated rings. The first-order chi connectivity index (χ1) is 15.5. The Hall–Kier alpha value is -2.93. The minimum Gasteiger partial charge on any atom is -0.369 e. The summed E-state index contributed by atoms with van der Waals surface area (Å²) in [6.07, 6.45) is -3.03. The highest BCUT2D eigenvalue weighted by Gasteiger charge is 2.35. The Labute approximate surface area is 189 Å². The summed E-state index contributed by atoms with van der Waals surface area (Å²) in [6.45, 7) is 1.98. The number of benzene rings is 1. The number of hydrogen-bond acceptors (Lipinski definition) is 7. The first-order valence-corrected chi connectivity index (χ1v) is 11.9. The van der Waals surface area contributed by atoms with Gasteiger partial charge in [0.2, 0.25) is 21.9 Å². The topological polar surface area (TPSA) is 116 Å². The maximum absolute atomic E-state index is 13.4. The number of anilines is 4. The van der Waals surface area contributed by atoms with Crippen molar-refractivity contribution in [2.24, 2.45) is 0 Å². The van der Waals surface area contributed by atoms with Gasteiger partial charge in [-0.1, -0.05) is 19.1 Å². The van der Waals surface area contributed by atoms with Crippen LogP contribution < -0.4 is 16.0 Å². The van der Waals surface area contributed by atoms with E-state index < -0.39 is 27.6 Å². The van der Waals surface area contributed by atoms with Crippen LogP contribution in [0.3, 0.4) is 0 Å². The van der Waals surface area contributed by atoms with Crippen LogP contribution in [0, 0.1) is 0 Å². The Kier molecular flexibility index (Phi) is 7.42. The standard InChI is InChI=1S/C20H25F3N6O3S/c1-3-10-33(31,32)29(2)9-5-8-24-18-14(20(21,22)23)12-25-19(28-18)26-15-7-4-6-13-11-16(30)27-17(13)15/h4,6-7,12H,3,5,8-11H2,1-2H3,(H,27,30)(H2,24,25,26,28). The van der Waals surface area contributed by atoms with Crippen LogP contribution in [-0.4, -0.2) is 54.5 Å². The third kappa shape index (κ3) is 6.11. The van der Waals surface area contributed by atoms with Gasteiger partial charge in [-0.15, -0.1) is 0 Å². The fourth-order valence-electron chi connectivity index (χ4n) is 3.32. The molecular formula is C20H25F3N6O3S. The molecule has 0 unspecified atom stereocenters. The Balaban J connectivity index is 1.73. The average molecular weight is 487 g/mol. The van der Waals surface area contributed by atoms with Gasteiger partial charge in [-0.25, -0.2) is 17.7 Å².